The van der Waals surface area contributed by atoms with Crippen molar-refractivity contribution in [3.05, 3.63) is 29.7 Å². The fourth-order valence-electron chi connectivity index (χ4n) is 1.69. The topological polar surface area (TPSA) is 81.6 Å². The number of nitrogens with two attached hydrogens (primary N) is 1. The third-order valence-corrected chi connectivity index (χ3v) is 2.72. The van der Waals surface area contributed by atoms with Crippen LogP contribution in [-0.2, 0) is 0 Å². The molecule has 0 fully saturated rings. The summed E-state index contributed by atoms with van der Waals surface area (Å²) in [6.45, 7) is 5.97. The Kier molecular flexibility index (Phi) is 3.75. The van der Waals surface area contributed by atoms with Gasteiger partial charge in [0.1, 0.15) is 16.5 Å². The van der Waals surface area contributed by atoms with Crippen molar-refractivity contribution in [1.82, 2.24) is 19.7 Å². The van der Waals surface area contributed by atoms with Crippen LogP contribution in [0.2, 0.25) is 0 Å². The maximum atomic E-state index is 5.60. The molecule has 19 heavy (non-hydrogen) atoms. The van der Waals surface area contributed by atoms with Gasteiger partial charge in [0.2, 0.25) is 5.95 Å². The summed E-state index contributed by atoms with van der Waals surface area (Å²) in [6, 6.07) is 3.87. The minimum Gasteiger partial charge on any atom is -0.388 e. The summed E-state index contributed by atoms with van der Waals surface area (Å²) in [5.41, 5.74) is 6.96. The molecule has 7 heteroatoms. The highest BCUT2D eigenvalue weighted by Crippen LogP contribution is 2.17. The summed E-state index contributed by atoms with van der Waals surface area (Å²) in [5, 5.41) is 7.37. The maximum absolute atomic E-state index is 5.60. The molecular weight excluding hydrogens is 260 g/mol. The Labute approximate surface area is 117 Å². The van der Waals surface area contributed by atoms with Crippen LogP contribution < -0.4 is 11.1 Å². The molecule has 6 nitrogen and oxygen atoms in total. The minimum absolute atomic E-state index is 0.248. The van der Waals surface area contributed by atoms with E-state index in [0.717, 1.165) is 11.5 Å². The number of hydrogen-bond donors (Lipinski definition) is 2. The van der Waals surface area contributed by atoms with Crippen LogP contribution >= 0.6 is 12.2 Å². The van der Waals surface area contributed by atoms with Crippen LogP contribution in [0.1, 0.15) is 31.3 Å². The minimum atomic E-state index is 0.248. The number of nitrogens with one attached hydrogen (secondary N) is 1. The van der Waals surface area contributed by atoms with Gasteiger partial charge in [-0.1, -0.05) is 12.2 Å². The summed E-state index contributed by atoms with van der Waals surface area (Å²) >= 11 is 4.94. The lowest BCUT2D eigenvalue weighted by Crippen LogP contribution is -2.15. The molecule has 0 aliphatic carbocycles. The van der Waals surface area contributed by atoms with E-state index in [1.807, 2.05) is 17.7 Å². The van der Waals surface area contributed by atoms with Gasteiger partial charge < -0.3 is 11.1 Å². The number of anilines is 2. The second kappa shape index (κ2) is 5.31. The fourth-order valence-corrected chi connectivity index (χ4v) is 1.79. The molecule has 0 atom stereocenters. The molecule has 0 saturated carbocycles. The average Bonchev–Trinajstić information content (AvgIpc) is 2.76. The van der Waals surface area contributed by atoms with E-state index >= 15 is 0 Å². The van der Waals surface area contributed by atoms with Crippen LogP contribution in [0.4, 0.5) is 11.8 Å². The number of rotatable bonds is 4. The fraction of sp³-hybridized carbons (Fsp3) is 0.333. The van der Waals surface area contributed by atoms with E-state index in [-0.39, 0.29) is 11.0 Å². The second-order valence-corrected chi connectivity index (χ2v) is 4.90. The van der Waals surface area contributed by atoms with Crippen LogP contribution in [0.25, 0.3) is 0 Å². The van der Waals surface area contributed by atoms with Gasteiger partial charge in [-0.25, -0.2) is 14.6 Å². The second-order valence-electron chi connectivity index (χ2n) is 4.46. The van der Waals surface area contributed by atoms with Crippen molar-refractivity contribution in [2.45, 2.75) is 26.8 Å². The average molecular weight is 276 g/mol. The van der Waals surface area contributed by atoms with Gasteiger partial charge in [-0.3, -0.25) is 0 Å². The van der Waals surface area contributed by atoms with Crippen molar-refractivity contribution >= 4 is 29.0 Å². The Morgan fingerprint density at radius 1 is 1.42 bits per heavy atom. The molecule has 0 spiro atoms. The van der Waals surface area contributed by atoms with Gasteiger partial charge in [0.25, 0.3) is 0 Å². The Morgan fingerprint density at radius 3 is 2.79 bits per heavy atom. The van der Waals surface area contributed by atoms with Crippen LogP contribution in [0.5, 0.6) is 0 Å². The monoisotopic (exact) mass is 276 g/mol. The number of thiocarbonyl (C=S) groups is 1. The molecule has 2 heterocycles. The van der Waals surface area contributed by atoms with Crippen LogP contribution in [0, 0.1) is 6.92 Å². The molecular formula is C12H16N6S. The molecule has 0 unspecified atom stereocenters. The van der Waals surface area contributed by atoms with Crippen LogP contribution in [0.15, 0.2) is 18.3 Å². The van der Waals surface area contributed by atoms with E-state index in [4.69, 9.17) is 18.0 Å². The smallest absolute Gasteiger partial charge is 0.229 e. The first-order valence-electron chi connectivity index (χ1n) is 5.93. The van der Waals surface area contributed by atoms with E-state index in [0.29, 0.717) is 11.6 Å². The van der Waals surface area contributed by atoms with E-state index in [1.54, 1.807) is 12.3 Å². The SMILES string of the molecule is Cc1cc(C(N)=S)nc(Nc2ccnn2C(C)C)n1. The predicted molar refractivity (Wildman–Crippen MR) is 78.6 cm³/mol. The van der Waals surface area contributed by atoms with E-state index < -0.39 is 0 Å². The van der Waals surface area contributed by atoms with Crippen molar-refractivity contribution in [1.29, 1.82) is 0 Å². The van der Waals surface area contributed by atoms with E-state index in [9.17, 15) is 0 Å². The Hall–Kier alpha value is -2.02. The lowest BCUT2D eigenvalue weighted by Gasteiger charge is -2.12. The zero-order valence-electron chi connectivity index (χ0n) is 11.1. The molecule has 0 bridgehead atoms. The van der Waals surface area contributed by atoms with E-state index in [1.165, 1.54) is 0 Å². The van der Waals surface area contributed by atoms with Crippen molar-refractivity contribution in [3.63, 3.8) is 0 Å². The standard InChI is InChI=1S/C12H16N6S/c1-7(2)18-10(4-5-14-18)17-12-15-8(3)6-9(16-12)11(13)19/h4-7H,1-3H3,(H2,13,19)(H,15,16,17). The van der Waals surface area contributed by atoms with Crippen molar-refractivity contribution in [2.75, 3.05) is 5.32 Å². The van der Waals surface area contributed by atoms with Crippen molar-refractivity contribution < 1.29 is 0 Å². The first kappa shape index (κ1) is 13.4. The first-order valence-corrected chi connectivity index (χ1v) is 6.34. The summed E-state index contributed by atoms with van der Waals surface area (Å²) in [6.07, 6.45) is 1.73. The van der Waals surface area contributed by atoms with Crippen molar-refractivity contribution in [2.24, 2.45) is 5.73 Å². The zero-order chi connectivity index (χ0) is 14.0. The summed E-state index contributed by atoms with van der Waals surface area (Å²) in [5.74, 6) is 1.29. The molecule has 2 rings (SSSR count). The number of aromatic nitrogens is 4. The highest BCUT2D eigenvalue weighted by atomic mass is 32.1. The third-order valence-electron chi connectivity index (χ3n) is 2.51. The normalized spacial score (nSPS) is 10.7. The van der Waals surface area contributed by atoms with Gasteiger partial charge >= 0.3 is 0 Å². The molecule has 2 aromatic heterocycles. The van der Waals surface area contributed by atoms with Crippen molar-refractivity contribution in [3.8, 4) is 0 Å². The Balaban J connectivity index is 2.33. The van der Waals surface area contributed by atoms with Gasteiger partial charge in [0, 0.05) is 17.8 Å². The quantitative estimate of drug-likeness (QED) is 0.831. The molecule has 0 saturated heterocycles. The first-order chi connectivity index (χ1) is 8.97. The third kappa shape index (κ3) is 3.05. The van der Waals surface area contributed by atoms with E-state index in [2.05, 4.69) is 34.2 Å². The molecule has 0 radical (unpaired) electrons. The van der Waals surface area contributed by atoms with Crippen LogP contribution in [-0.4, -0.2) is 24.7 Å². The van der Waals surface area contributed by atoms with Gasteiger partial charge in [0.15, 0.2) is 0 Å². The molecule has 100 valence electrons. The molecule has 0 aromatic carbocycles. The summed E-state index contributed by atoms with van der Waals surface area (Å²) in [4.78, 5) is 8.85. The lowest BCUT2D eigenvalue weighted by atomic mass is 10.3. The highest BCUT2D eigenvalue weighted by Gasteiger charge is 2.09. The number of aryl methyl sites for hydroxylation is 1. The summed E-state index contributed by atoms with van der Waals surface area (Å²) in [7, 11) is 0. The van der Waals surface area contributed by atoms with Gasteiger partial charge in [-0.15, -0.1) is 0 Å². The predicted octanol–water partition coefficient (Wildman–Crippen LogP) is 1.94. The maximum Gasteiger partial charge on any atom is 0.229 e. The molecule has 0 aliphatic heterocycles. The molecule has 2 aromatic rings. The molecule has 0 aliphatic rings. The van der Waals surface area contributed by atoms with Gasteiger partial charge in [0.05, 0.1) is 6.20 Å². The lowest BCUT2D eigenvalue weighted by molar-refractivity contribution is 0.539. The Bertz CT molecular complexity index is 604. The van der Waals surface area contributed by atoms with Gasteiger partial charge in [-0.2, -0.15) is 5.10 Å². The molecule has 3 N–H and O–H groups in total. The summed E-state index contributed by atoms with van der Waals surface area (Å²) < 4.78 is 1.85. The molecule has 0 amide bonds. The van der Waals surface area contributed by atoms with Gasteiger partial charge in [-0.05, 0) is 26.8 Å². The van der Waals surface area contributed by atoms with Crippen LogP contribution in [0.3, 0.4) is 0 Å². The number of nitrogens with zero attached hydrogens (tertiary/aromatic N) is 4. The Morgan fingerprint density at radius 2 is 2.16 bits per heavy atom. The number of hydrogen-bond acceptors (Lipinski definition) is 5. The largest absolute Gasteiger partial charge is 0.388 e. The zero-order valence-corrected chi connectivity index (χ0v) is 11.9. The highest BCUT2D eigenvalue weighted by molar-refractivity contribution is 7.80.